The number of hydrogen-bond acceptors (Lipinski definition) is 6. The Morgan fingerprint density at radius 1 is 1.19 bits per heavy atom. The molecule has 0 amide bonds. The van der Waals surface area contributed by atoms with Crippen LogP contribution in [0.1, 0.15) is 36.6 Å². The standard InChI is InChI=1S/C18H22FN3O4S/c1-25-14-7-6-12(16(8-14)26-2)9-22-27(23,24)17-5-3-4-15(17)18-20-10-13(19)11-21-18/h6-8,10-11,15,17,22H,3-5,9H2,1-2H3/t15-,17+/m1/s1. The van der Waals surface area contributed by atoms with Crippen LogP contribution >= 0.6 is 0 Å². The van der Waals surface area contributed by atoms with Crippen LogP contribution in [-0.4, -0.2) is 37.9 Å². The van der Waals surface area contributed by atoms with Gasteiger partial charge in [0.2, 0.25) is 10.0 Å². The van der Waals surface area contributed by atoms with Crippen molar-refractivity contribution in [2.75, 3.05) is 14.2 Å². The Labute approximate surface area is 158 Å². The SMILES string of the molecule is COc1ccc(CNS(=O)(=O)[C@H]2CCC[C@H]2c2ncc(F)cn2)c(OC)c1. The highest BCUT2D eigenvalue weighted by atomic mass is 32.2. The monoisotopic (exact) mass is 395 g/mol. The second kappa shape index (κ2) is 8.18. The molecule has 1 aliphatic rings. The average molecular weight is 395 g/mol. The number of sulfonamides is 1. The molecule has 1 aromatic carbocycles. The molecule has 1 N–H and O–H groups in total. The van der Waals surface area contributed by atoms with Crippen LogP contribution in [-0.2, 0) is 16.6 Å². The fourth-order valence-electron chi connectivity index (χ4n) is 3.39. The van der Waals surface area contributed by atoms with Crippen molar-refractivity contribution >= 4 is 10.0 Å². The van der Waals surface area contributed by atoms with Crippen molar-refractivity contribution < 1.29 is 22.3 Å². The lowest BCUT2D eigenvalue weighted by atomic mass is 10.1. The maximum atomic E-state index is 13.1. The molecule has 1 heterocycles. The summed E-state index contributed by atoms with van der Waals surface area (Å²) in [5.41, 5.74) is 0.703. The zero-order chi connectivity index (χ0) is 19.4. The lowest BCUT2D eigenvalue weighted by Gasteiger charge is -2.20. The highest BCUT2D eigenvalue weighted by Gasteiger charge is 2.39. The molecule has 1 fully saturated rings. The van der Waals surface area contributed by atoms with Crippen molar-refractivity contribution in [2.45, 2.75) is 37.0 Å². The lowest BCUT2D eigenvalue weighted by molar-refractivity contribution is 0.390. The number of nitrogens with one attached hydrogen (secondary N) is 1. The van der Waals surface area contributed by atoms with E-state index in [1.165, 1.54) is 7.11 Å². The summed E-state index contributed by atoms with van der Waals surface area (Å²) in [4.78, 5) is 7.95. The topological polar surface area (TPSA) is 90.4 Å². The predicted molar refractivity (Wildman–Crippen MR) is 97.7 cm³/mol. The predicted octanol–water partition coefficient (Wildman–Crippen LogP) is 2.39. The molecule has 0 radical (unpaired) electrons. The van der Waals surface area contributed by atoms with Gasteiger partial charge >= 0.3 is 0 Å². The van der Waals surface area contributed by atoms with E-state index in [2.05, 4.69) is 14.7 Å². The van der Waals surface area contributed by atoms with Gasteiger partial charge in [0.1, 0.15) is 17.3 Å². The van der Waals surface area contributed by atoms with Crippen LogP contribution in [0.4, 0.5) is 4.39 Å². The van der Waals surface area contributed by atoms with Crippen LogP contribution in [0.15, 0.2) is 30.6 Å². The number of hydrogen-bond donors (Lipinski definition) is 1. The van der Waals surface area contributed by atoms with E-state index in [1.54, 1.807) is 25.3 Å². The number of methoxy groups -OCH3 is 2. The molecule has 1 saturated carbocycles. The van der Waals surface area contributed by atoms with Crippen molar-refractivity contribution in [3.8, 4) is 11.5 Å². The van der Waals surface area contributed by atoms with Crippen molar-refractivity contribution in [1.82, 2.24) is 14.7 Å². The third-order valence-corrected chi connectivity index (χ3v) is 6.69. The van der Waals surface area contributed by atoms with Gasteiger partial charge in [-0.2, -0.15) is 0 Å². The zero-order valence-corrected chi connectivity index (χ0v) is 16.0. The van der Waals surface area contributed by atoms with Crippen LogP contribution in [0, 0.1) is 5.82 Å². The van der Waals surface area contributed by atoms with Crippen molar-refractivity contribution in [3.05, 3.63) is 47.8 Å². The van der Waals surface area contributed by atoms with Gasteiger partial charge < -0.3 is 9.47 Å². The Morgan fingerprint density at radius 3 is 2.59 bits per heavy atom. The molecular weight excluding hydrogens is 373 g/mol. The first kappa shape index (κ1) is 19.5. The number of nitrogens with zero attached hydrogens (tertiary/aromatic N) is 2. The maximum absolute atomic E-state index is 13.1. The van der Waals surface area contributed by atoms with Gasteiger partial charge in [-0.1, -0.05) is 12.5 Å². The Hall–Kier alpha value is -2.26. The van der Waals surface area contributed by atoms with E-state index in [-0.39, 0.29) is 12.5 Å². The Morgan fingerprint density at radius 2 is 1.93 bits per heavy atom. The largest absolute Gasteiger partial charge is 0.497 e. The summed E-state index contributed by atoms with van der Waals surface area (Å²) in [5.74, 6) is 0.651. The van der Waals surface area contributed by atoms with Crippen molar-refractivity contribution in [2.24, 2.45) is 0 Å². The average Bonchev–Trinajstić information content (AvgIpc) is 3.17. The molecule has 0 unspecified atom stereocenters. The second-order valence-electron chi connectivity index (χ2n) is 6.38. The molecule has 27 heavy (non-hydrogen) atoms. The van der Waals surface area contributed by atoms with E-state index >= 15 is 0 Å². The van der Waals surface area contributed by atoms with Crippen LogP contribution in [0.3, 0.4) is 0 Å². The van der Waals surface area contributed by atoms with E-state index < -0.39 is 21.1 Å². The second-order valence-corrected chi connectivity index (χ2v) is 8.36. The molecule has 7 nitrogen and oxygen atoms in total. The van der Waals surface area contributed by atoms with Gasteiger partial charge in [0.05, 0.1) is 31.9 Å². The van der Waals surface area contributed by atoms with Gasteiger partial charge in [0, 0.05) is 24.1 Å². The van der Waals surface area contributed by atoms with Crippen LogP contribution in [0.2, 0.25) is 0 Å². The Bertz CT molecular complexity index is 890. The Kier molecular flexibility index (Phi) is 5.91. The molecule has 0 bridgehead atoms. The van der Waals surface area contributed by atoms with Gasteiger partial charge in [-0.3, -0.25) is 0 Å². The first-order valence-electron chi connectivity index (χ1n) is 8.61. The molecule has 0 saturated heterocycles. The number of rotatable bonds is 7. The molecule has 2 aromatic rings. The summed E-state index contributed by atoms with van der Waals surface area (Å²) in [6.45, 7) is 0.100. The normalized spacial score (nSPS) is 19.8. The first-order valence-corrected chi connectivity index (χ1v) is 10.2. The van der Waals surface area contributed by atoms with Gasteiger partial charge in [-0.15, -0.1) is 0 Å². The van der Waals surface area contributed by atoms with Crippen molar-refractivity contribution in [1.29, 1.82) is 0 Å². The molecule has 1 aromatic heterocycles. The molecule has 1 aliphatic carbocycles. The number of aromatic nitrogens is 2. The van der Waals surface area contributed by atoms with Gasteiger partial charge in [0.25, 0.3) is 0 Å². The lowest BCUT2D eigenvalue weighted by Crippen LogP contribution is -2.36. The highest BCUT2D eigenvalue weighted by molar-refractivity contribution is 7.90. The summed E-state index contributed by atoms with van der Waals surface area (Å²) in [5, 5.41) is -0.646. The summed E-state index contributed by atoms with van der Waals surface area (Å²) in [7, 11) is -0.547. The van der Waals surface area contributed by atoms with Crippen molar-refractivity contribution in [3.63, 3.8) is 0 Å². The molecule has 0 aliphatic heterocycles. The quantitative estimate of drug-likeness (QED) is 0.774. The fourth-order valence-corrected chi connectivity index (χ4v) is 5.13. The highest BCUT2D eigenvalue weighted by Crippen LogP contribution is 2.37. The van der Waals surface area contributed by atoms with Crippen LogP contribution in [0.25, 0.3) is 0 Å². The number of halogens is 1. The number of ether oxygens (including phenoxy) is 2. The van der Waals surface area contributed by atoms with E-state index in [9.17, 15) is 12.8 Å². The minimum atomic E-state index is -3.62. The van der Waals surface area contributed by atoms with E-state index in [0.29, 0.717) is 35.7 Å². The minimum absolute atomic E-state index is 0.100. The van der Waals surface area contributed by atoms with Gasteiger partial charge in [-0.05, 0) is 18.9 Å². The molecular formula is C18H22FN3O4S. The molecule has 9 heteroatoms. The molecule has 3 rings (SSSR count). The summed E-state index contributed by atoms with van der Waals surface area (Å²) in [6.07, 6.45) is 4.06. The molecule has 0 spiro atoms. The fraction of sp³-hybridized carbons (Fsp3) is 0.444. The van der Waals surface area contributed by atoms with E-state index in [4.69, 9.17) is 9.47 Å². The van der Waals surface area contributed by atoms with E-state index in [1.807, 2.05) is 0 Å². The van der Waals surface area contributed by atoms with Crippen LogP contribution < -0.4 is 14.2 Å². The summed E-state index contributed by atoms with van der Waals surface area (Å²) < 4.78 is 51.9. The maximum Gasteiger partial charge on any atom is 0.215 e. The zero-order valence-electron chi connectivity index (χ0n) is 15.2. The third-order valence-electron chi connectivity index (χ3n) is 4.78. The molecule has 146 valence electrons. The Balaban J connectivity index is 1.75. The minimum Gasteiger partial charge on any atom is -0.497 e. The third kappa shape index (κ3) is 4.36. The number of benzene rings is 1. The van der Waals surface area contributed by atoms with Crippen LogP contribution in [0.5, 0.6) is 11.5 Å². The summed E-state index contributed by atoms with van der Waals surface area (Å²) >= 11 is 0. The summed E-state index contributed by atoms with van der Waals surface area (Å²) in [6, 6.07) is 5.21. The smallest absolute Gasteiger partial charge is 0.215 e. The van der Waals surface area contributed by atoms with E-state index in [0.717, 1.165) is 18.8 Å². The van der Waals surface area contributed by atoms with Gasteiger partial charge in [-0.25, -0.2) is 27.5 Å². The van der Waals surface area contributed by atoms with Gasteiger partial charge in [0.15, 0.2) is 5.82 Å². The first-order chi connectivity index (χ1) is 12.9. The molecule has 2 atom stereocenters.